The Morgan fingerprint density at radius 2 is 1.82 bits per heavy atom. The molecule has 2 aromatic rings. The lowest BCUT2D eigenvalue weighted by Crippen LogP contribution is -1.96. The molecule has 0 spiro atoms. The van der Waals surface area contributed by atoms with Crippen molar-refractivity contribution in [2.24, 2.45) is 0 Å². The Hall–Kier alpha value is -0.770. The van der Waals surface area contributed by atoms with Crippen LogP contribution in [-0.4, -0.2) is 11.1 Å². The molecule has 88 valence electrons. The standard InChI is InChI=1S/C12H7BrCl2O2/c13-6-10(16)12-2-1-11(17-12)7-3-8(14)5-9(15)4-7/h1-5H,6H2. The molecule has 0 bridgehead atoms. The van der Waals surface area contributed by atoms with E-state index in [1.54, 1.807) is 30.3 Å². The number of benzene rings is 1. The molecular weight excluding hydrogens is 327 g/mol. The molecule has 0 N–H and O–H groups in total. The van der Waals surface area contributed by atoms with Gasteiger partial charge in [-0.25, -0.2) is 0 Å². The van der Waals surface area contributed by atoms with Crippen molar-refractivity contribution in [3.8, 4) is 11.3 Å². The molecule has 0 aliphatic carbocycles. The Labute approximate surface area is 117 Å². The van der Waals surface area contributed by atoms with Crippen LogP contribution in [0.2, 0.25) is 10.0 Å². The molecule has 1 aromatic carbocycles. The van der Waals surface area contributed by atoms with Crippen molar-refractivity contribution in [3.05, 3.63) is 46.1 Å². The third-order valence-corrected chi connectivity index (χ3v) is 3.09. The van der Waals surface area contributed by atoms with Crippen LogP contribution in [0.3, 0.4) is 0 Å². The second kappa shape index (κ2) is 5.25. The molecule has 0 aliphatic rings. The highest BCUT2D eigenvalue weighted by Gasteiger charge is 2.11. The van der Waals surface area contributed by atoms with Gasteiger partial charge in [0.1, 0.15) is 5.76 Å². The number of carbonyl (C=O) groups excluding carboxylic acids is 1. The van der Waals surface area contributed by atoms with Gasteiger partial charge in [0.15, 0.2) is 5.76 Å². The van der Waals surface area contributed by atoms with Gasteiger partial charge in [0.05, 0.1) is 5.33 Å². The zero-order valence-electron chi connectivity index (χ0n) is 8.54. The first-order valence-corrected chi connectivity index (χ1v) is 6.63. The van der Waals surface area contributed by atoms with E-state index in [1.165, 1.54) is 0 Å². The van der Waals surface area contributed by atoms with Gasteiger partial charge in [-0.15, -0.1) is 0 Å². The van der Waals surface area contributed by atoms with Crippen molar-refractivity contribution in [1.82, 2.24) is 0 Å². The summed E-state index contributed by atoms with van der Waals surface area (Å²) < 4.78 is 5.44. The second-order valence-electron chi connectivity index (χ2n) is 3.38. The summed E-state index contributed by atoms with van der Waals surface area (Å²) in [6.07, 6.45) is 0. The fraction of sp³-hybridized carbons (Fsp3) is 0.0833. The average Bonchev–Trinajstić information content (AvgIpc) is 2.76. The highest BCUT2D eigenvalue weighted by atomic mass is 79.9. The maximum Gasteiger partial charge on any atom is 0.208 e. The summed E-state index contributed by atoms with van der Waals surface area (Å²) in [7, 11) is 0. The molecule has 0 amide bonds. The van der Waals surface area contributed by atoms with E-state index in [9.17, 15) is 4.79 Å². The van der Waals surface area contributed by atoms with Gasteiger partial charge in [0.2, 0.25) is 5.78 Å². The van der Waals surface area contributed by atoms with Crippen molar-refractivity contribution in [3.63, 3.8) is 0 Å². The van der Waals surface area contributed by atoms with Gasteiger partial charge < -0.3 is 4.42 Å². The van der Waals surface area contributed by atoms with Crippen LogP contribution in [-0.2, 0) is 0 Å². The van der Waals surface area contributed by atoms with E-state index >= 15 is 0 Å². The number of rotatable bonds is 3. The zero-order valence-corrected chi connectivity index (χ0v) is 11.6. The van der Waals surface area contributed by atoms with Crippen LogP contribution in [0.15, 0.2) is 34.7 Å². The minimum Gasteiger partial charge on any atom is -0.453 e. The van der Waals surface area contributed by atoms with Crippen molar-refractivity contribution in [2.75, 3.05) is 5.33 Å². The minimum atomic E-state index is -0.107. The molecule has 17 heavy (non-hydrogen) atoms. The number of carbonyl (C=O) groups is 1. The Balaban J connectivity index is 2.40. The molecule has 5 heteroatoms. The SMILES string of the molecule is O=C(CBr)c1ccc(-c2cc(Cl)cc(Cl)c2)o1. The number of hydrogen-bond donors (Lipinski definition) is 0. The topological polar surface area (TPSA) is 30.2 Å². The third kappa shape index (κ3) is 2.92. The smallest absolute Gasteiger partial charge is 0.208 e. The maximum absolute atomic E-state index is 11.4. The summed E-state index contributed by atoms with van der Waals surface area (Å²) in [4.78, 5) is 11.4. The van der Waals surface area contributed by atoms with Crippen LogP contribution in [0, 0.1) is 0 Å². The monoisotopic (exact) mass is 332 g/mol. The van der Waals surface area contributed by atoms with E-state index in [4.69, 9.17) is 27.6 Å². The van der Waals surface area contributed by atoms with Gasteiger partial charge in [-0.1, -0.05) is 39.1 Å². The quantitative estimate of drug-likeness (QED) is 0.594. The molecule has 0 saturated heterocycles. The fourth-order valence-corrected chi connectivity index (χ4v) is 2.21. The van der Waals surface area contributed by atoms with Crippen LogP contribution < -0.4 is 0 Å². The number of furan rings is 1. The van der Waals surface area contributed by atoms with E-state index < -0.39 is 0 Å². The lowest BCUT2D eigenvalue weighted by Gasteiger charge is -1.99. The van der Waals surface area contributed by atoms with Crippen molar-refractivity contribution in [2.45, 2.75) is 0 Å². The van der Waals surface area contributed by atoms with Crippen molar-refractivity contribution >= 4 is 44.9 Å². The van der Waals surface area contributed by atoms with E-state index in [-0.39, 0.29) is 11.1 Å². The molecule has 0 radical (unpaired) electrons. The van der Waals surface area contributed by atoms with Gasteiger partial charge in [-0.3, -0.25) is 4.79 Å². The molecule has 1 heterocycles. The highest BCUT2D eigenvalue weighted by molar-refractivity contribution is 9.09. The molecule has 0 fully saturated rings. The normalized spacial score (nSPS) is 10.5. The second-order valence-corrected chi connectivity index (χ2v) is 4.81. The Morgan fingerprint density at radius 3 is 2.41 bits per heavy atom. The van der Waals surface area contributed by atoms with E-state index in [1.807, 2.05) is 0 Å². The van der Waals surface area contributed by atoms with Crippen LogP contribution >= 0.6 is 39.1 Å². The van der Waals surface area contributed by atoms with E-state index in [2.05, 4.69) is 15.9 Å². The molecule has 0 unspecified atom stereocenters. The van der Waals surface area contributed by atoms with E-state index in [0.717, 1.165) is 5.56 Å². The van der Waals surface area contributed by atoms with Crippen LogP contribution in [0.5, 0.6) is 0 Å². The largest absolute Gasteiger partial charge is 0.453 e. The molecule has 0 aliphatic heterocycles. The summed E-state index contributed by atoms with van der Waals surface area (Å²) in [5, 5.41) is 1.28. The number of hydrogen-bond acceptors (Lipinski definition) is 2. The lowest BCUT2D eigenvalue weighted by atomic mass is 10.2. The Morgan fingerprint density at radius 1 is 1.18 bits per heavy atom. The van der Waals surface area contributed by atoms with Crippen LogP contribution in [0.4, 0.5) is 0 Å². The number of Topliss-reactive ketones (excluding diaryl/α,β-unsaturated/α-hetero) is 1. The van der Waals surface area contributed by atoms with Gasteiger partial charge in [-0.05, 0) is 30.3 Å². The number of alkyl halides is 1. The van der Waals surface area contributed by atoms with Crippen LogP contribution in [0.25, 0.3) is 11.3 Å². The average molecular weight is 334 g/mol. The summed E-state index contributed by atoms with van der Waals surface area (Å²) in [5.41, 5.74) is 0.746. The summed E-state index contributed by atoms with van der Waals surface area (Å²) in [5.74, 6) is 0.774. The highest BCUT2D eigenvalue weighted by Crippen LogP contribution is 2.28. The Kier molecular flexibility index (Phi) is 3.92. The molecule has 0 atom stereocenters. The van der Waals surface area contributed by atoms with E-state index in [0.29, 0.717) is 21.6 Å². The van der Waals surface area contributed by atoms with Gasteiger partial charge >= 0.3 is 0 Å². The zero-order chi connectivity index (χ0) is 12.4. The summed E-state index contributed by atoms with van der Waals surface area (Å²) in [6.45, 7) is 0. The van der Waals surface area contributed by atoms with Crippen molar-refractivity contribution < 1.29 is 9.21 Å². The minimum absolute atomic E-state index is 0.107. The predicted octanol–water partition coefficient (Wildman–Crippen LogP) is 4.83. The fourth-order valence-electron chi connectivity index (χ4n) is 1.40. The number of halogens is 3. The van der Waals surface area contributed by atoms with Gasteiger partial charge in [0, 0.05) is 15.6 Å². The first-order chi connectivity index (χ1) is 8.10. The first kappa shape index (κ1) is 12.7. The van der Waals surface area contributed by atoms with Gasteiger partial charge in [-0.2, -0.15) is 0 Å². The molecule has 2 rings (SSSR count). The summed E-state index contributed by atoms with van der Waals surface area (Å²) in [6, 6.07) is 8.45. The molecule has 0 saturated carbocycles. The van der Waals surface area contributed by atoms with Gasteiger partial charge in [0.25, 0.3) is 0 Å². The molecule has 1 aromatic heterocycles. The lowest BCUT2D eigenvalue weighted by molar-refractivity contribution is 0.0994. The molecule has 2 nitrogen and oxygen atoms in total. The van der Waals surface area contributed by atoms with Crippen LogP contribution in [0.1, 0.15) is 10.6 Å². The van der Waals surface area contributed by atoms with Crippen molar-refractivity contribution in [1.29, 1.82) is 0 Å². The predicted molar refractivity (Wildman–Crippen MR) is 72.3 cm³/mol. The number of ketones is 1. The third-order valence-electron chi connectivity index (χ3n) is 2.15. The molecular formula is C12H7BrCl2O2. The maximum atomic E-state index is 11.4. The first-order valence-electron chi connectivity index (χ1n) is 4.75. The Bertz CT molecular complexity index is 543. The summed E-state index contributed by atoms with van der Waals surface area (Å²) >= 11 is 14.9.